The average molecular weight is 257 g/mol. The second-order valence-corrected chi connectivity index (χ2v) is 5.09. The van der Waals surface area contributed by atoms with Crippen LogP contribution in [-0.4, -0.2) is 76.9 Å². The minimum atomic E-state index is -1.06. The van der Waals surface area contributed by atoms with E-state index in [1.807, 2.05) is 7.05 Å². The zero-order valence-corrected chi connectivity index (χ0v) is 10.4. The summed E-state index contributed by atoms with van der Waals surface area (Å²) in [6.07, 6.45) is 0.229. The largest absolute Gasteiger partial charge is 0.480 e. The number of aliphatic hydroxyl groups is 1. The Kier molecular flexibility index (Phi) is 3.72. The molecule has 3 N–H and O–H groups in total. The van der Waals surface area contributed by atoms with Crippen molar-refractivity contribution in [3.05, 3.63) is 0 Å². The maximum absolute atomic E-state index is 12.0. The standard InChI is InChI=1S/C11H19N3O4/c1-13-3-2-7(5-13)12-11(18)14-6-8(15)4-9(14)10(16)17/h7-9,15H,2-6H2,1H3,(H,12,18)(H,16,17)/t7?,8-,9-/m1/s1. The van der Waals surface area contributed by atoms with Gasteiger partial charge in [0.15, 0.2) is 0 Å². The predicted octanol–water partition coefficient (Wildman–Crippen LogP) is -1.08. The van der Waals surface area contributed by atoms with Crippen LogP contribution in [0.2, 0.25) is 0 Å². The highest BCUT2D eigenvalue weighted by Crippen LogP contribution is 2.18. The molecule has 0 aromatic heterocycles. The molecule has 1 unspecified atom stereocenters. The number of aliphatic carboxylic acids is 1. The maximum atomic E-state index is 12.0. The van der Waals surface area contributed by atoms with E-state index >= 15 is 0 Å². The monoisotopic (exact) mass is 257 g/mol. The van der Waals surface area contributed by atoms with E-state index in [4.69, 9.17) is 5.11 Å². The predicted molar refractivity (Wildman–Crippen MR) is 63.2 cm³/mol. The smallest absolute Gasteiger partial charge is 0.326 e. The van der Waals surface area contributed by atoms with Crippen molar-refractivity contribution in [3.63, 3.8) is 0 Å². The van der Waals surface area contributed by atoms with Gasteiger partial charge < -0.3 is 25.3 Å². The number of β-amino-alcohol motifs (C(OH)–C–C–N with tert-alkyl or cyclic N) is 1. The molecule has 0 aliphatic carbocycles. The fourth-order valence-electron chi connectivity index (χ4n) is 2.58. The lowest BCUT2D eigenvalue weighted by Crippen LogP contribution is -2.49. The molecule has 7 heteroatoms. The van der Waals surface area contributed by atoms with Crippen LogP contribution >= 0.6 is 0 Å². The van der Waals surface area contributed by atoms with E-state index in [0.717, 1.165) is 19.5 Å². The third kappa shape index (κ3) is 2.73. The van der Waals surface area contributed by atoms with Gasteiger partial charge in [-0.3, -0.25) is 0 Å². The summed E-state index contributed by atoms with van der Waals surface area (Å²) in [4.78, 5) is 26.3. The van der Waals surface area contributed by atoms with Gasteiger partial charge >= 0.3 is 12.0 Å². The molecule has 0 aromatic rings. The van der Waals surface area contributed by atoms with Gasteiger partial charge in [0.2, 0.25) is 0 Å². The fraction of sp³-hybridized carbons (Fsp3) is 0.818. The van der Waals surface area contributed by atoms with E-state index in [9.17, 15) is 14.7 Å². The number of hydrogen-bond donors (Lipinski definition) is 3. The summed E-state index contributed by atoms with van der Waals surface area (Å²) in [7, 11) is 1.98. The van der Waals surface area contributed by atoms with Crippen LogP contribution in [0.5, 0.6) is 0 Å². The van der Waals surface area contributed by atoms with Crippen LogP contribution in [0, 0.1) is 0 Å². The Hall–Kier alpha value is -1.34. The first-order chi connectivity index (χ1) is 8.47. The number of carbonyl (C=O) groups is 2. The van der Waals surface area contributed by atoms with Crippen LogP contribution in [-0.2, 0) is 4.79 Å². The van der Waals surface area contributed by atoms with Gasteiger partial charge in [0.1, 0.15) is 6.04 Å². The molecule has 2 rings (SSSR count). The highest BCUT2D eigenvalue weighted by Gasteiger charge is 2.39. The Morgan fingerprint density at radius 1 is 1.33 bits per heavy atom. The molecular weight excluding hydrogens is 238 g/mol. The lowest BCUT2D eigenvalue weighted by molar-refractivity contribution is -0.141. The van der Waals surface area contributed by atoms with E-state index in [1.165, 1.54) is 4.90 Å². The lowest BCUT2D eigenvalue weighted by atomic mass is 10.2. The van der Waals surface area contributed by atoms with E-state index < -0.39 is 18.1 Å². The number of hydrogen-bond acceptors (Lipinski definition) is 4. The molecule has 3 atom stereocenters. The van der Waals surface area contributed by atoms with Crippen molar-refractivity contribution >= 4 is 12.0 Å². The van der Waals surface area contributed by atoms with Crippen LogP contribution in [0.3, 0.4) is 0 Å². The molecule has 2 saturated heterocycles. The zero-order valence-electron chi connectivity index (χ0n) is 10.4. The summed E-state index contributed by atoms with van der Waals surface area (Å²) in [5, 5.41) is 21.3. The van der Waals surface area contributed by atoms with E-state index in [0.29, 0.717) is 0 Å². The average Bonchev–Trinajstić information content (AvgIpc) is 2.85. The Morgan fingerprint density at radius 2 is 2.06 bits per heavy atom. The van der Waals surface area contributed by atoms with Crippen LogP contribution in [0.15, 0.2) is 0 Å². The van der Waals surface area contributed by atoms with Gasteiger partial charge in [-0.25, -0.2) is 9.59 Å². The maximum Gasteiger partial charge on any atom is 0.326 e. The van der Waals surface area contributed by atoms with Crippen molar-refractivity contribution < 1.29 is 19.8 Å². The summed E-state index contributed by atoms with van der Waals surface area (Å²) in [5.41, 5.74) is 0. The highest BCUT2D eigenvalue weighted by atomic mass is 16.4. The molecule has 0 saturated carbocycles. The molecule has 2 aliphatic rings. The third-order valence-electron chi connectivity index (χ3n) is 3.54. The van der Waals surface area contributed by atoms with Gasteiger partial charge in [0.05, 0.1) is 6.10 Å². The number of nitrogens with zero attached hydrogens (tertiary/aromatic N) is 2. The molecule has 2 heterocycles. The topological polar surface area (TPSA) is 93.1 Å². The Labute approximate surface area is 105 Å². The van der Waals surface area contributed by atoms with Gasteiger partial charge in [-0.15, -0.1) is 0 Å². The number of rotatable bonds is 2. The first-order valence-electron chi connectivity index (χ1n) is 6.14. The normalized spacial score (nSPS) is 32.8. The third-order valence-corrected chi connectivity index (χ3v) is 3.54. The molecule has 18 heavy (non-hydrogen) atoms. The van der Waals surface area contributed by atoms with Gasteiger partial charge in [-0.1, -0.05) is 0 Å². The van der Waals surface area contributed by atoms with Gasteiger partial charge in [-0.05, 0) is 20.0 Å². The molecule has 7 nitrogen and oxygen atoms in total. The number of carbonyl (C=O) groups excluding carboxylic acids is 1. The molecule has 0 bridgehead atoms. The highest BCUT2D eigenvalue weighted by molar-refractivity contribution is 5.83. The number of carboxylic acids is 1. The summed E-state index contributed by atoms with van der Waals surface area (Å²) < 4.78 is 0. The Bertz CT molecular complexity index is 349. The number of amides is 2. The van der Waals surface area contributed by atoms with E-state index in [-0.39, 0.29) is 25.0 Å². The van der Waals surface area contributed by atoms with Crippen molar-refractivity contribution in [2.24, 2.45) is 0 Å². The number of urea groups is 1. The number of carboxylic acid groups (broad SMARTS) is 1. The summed E-state index contributed by atoms with van der Waals surface area (Å²) in [5.74, 6) is -1.06. The quantitative estimate of drug-likeness (QED) is 0.585. The zero-order chi connectivity index (χ0) is 13.3. The molecule has 2 amide bonds. The first kappa shape index (κ1) is 13.1. The van der Waals surface area contributed by atoms with Crippen molar-refractivity contribution in [2.75, 3.05) is 26.7 Å². The number of nitrogens with one attached hydrogen (secondary N) is 1. The van der Waals surface area contributed by atoms with E-state index in [1.54, 1.807) is 0 Å². The molecule has 102 valence electrons. The second kappa shape index (κ2) is 5.11. The molecule has 2 fully saturated rings. The first-order valence-corrected chi connectivity index (χ1v) is 6.14. The summed E-state index contributed by atoms with van der Waals surface area (Å²) in [6, 6.07) is -1.24. The van der Waals surface area contributed by atoms with Crippen molar-refractivity contribution in [1.29, 1.82) is 0 Å². The minimum absolute atomic E-state index is 0.0645. The van der Waals surface area contributed by atoms with Crippen molar-refractivity contribution in [3.8, 4) is 0 Å². The molecular formula is C11H19N3O4. The second-order valence-electron chi connectivity index (χ2n) is 5.09. The lowest BCUT2D eigenvalue weighted by Gasteiger charge is -2.23. The van der Waals surface area contributed by atoms with Gasteiger partial charge in [0.25, 0.3) is 0 Å². The summed E-state index contributed by atoms with van der Waals surface area (Å²) in [6.45, 7) is 1.79. The number of likely N-dealkylation sites (N-methyl/N-ethyl adjacent to an activating group) is 1. The van der Waals surface area contributed by atoms with Crippen LogP contribution in [0.1, 0.15) is 12.8 Å². The fourth-order valence-corrected chi connectivity index (χ4v) is 2.58. The molecule has 0 radical (unpaired) electrons. The van der Waals surface area contributed by atoms with Crippen molar-refractivity contribution in [2.45, 2.75) is 31.0 Å². The molecule has 2 aliphatic heterocycles. The molecule has 0 aromatic carbocycles. The Morgan fingerprint density at radius 3 is 2.61 bits per heavy atom. The number of likely N-dealkylation sites (tertiary alicyclic amines) is 2. The minimum Gasteiger partial charge on any atom is -0.480 e. The van der Waals surface area contributed by atoms with E-state index in [2.05, 4.69) is 10.2 Å². The van der Waals surface area contributed by atoms with Crippen LogP contribution in [0.25, 0.3) is 0 Å². The van der Waals surface area contributed by atoms with Gasteiger partial charge in [0, 0.05) is 25.6 Å². The molecule has 0 spiro atoms. The van der Waals surface area contributed by atoms with Gasteiger partial charge in [-0.2, -0.15) is 0 Å². The van der Waals surface area contributed by atoms with Crippen molar-refractivity contribution in [1.82, 2.24) is 15.1 Å². The SMILES string of the molecule is CN1CCC(NC(=O)N2C[C@H](O)C[C@@H]2C(=O)O)C1. The van der Waals surface area contributed by atoms with Crippen LogP contribution < -0.4 is 5.32 Å². The summed E-state index contributed by atoms with van der Waals surface area (Å²) >= 11 is 0. The number of aliphatic hydroxyl groups excluding tert-OH is 1. The van der Waals surface area contributed by atoms with Crippen LogP contribution in [0.4, 0.5) is 4.79 Å². The Balaban J connectivity index is 1.93.